The van der Waals surface area contributed by atoms with Gasteiger partial charge < -0.3 is 10.0 Å². The first-order valence-electron chi connectivity index (χ1n) is 5.25. The molecule has 1 aromatic rings. The highest BCUT2D eigenvalue weighted by molar-refractivity contribution is 9.10. The van der Waals surface area contributed by atoms with Crippen LogP contribution in [0.2, 0.25) is 0 Å². The summed E-state index contributed by atoms with van der Waals surface area (Å²) in [6, 6.07) is 3.13. The lowest BCUT2D eigenvalue weighted by molar-refractivity contribution is -0.148. The third-order valence-electron chi connectivity index (χ3n) is 2.68. The summed E-state index contributed by atoms with van der Waals surface area (Å²) in [4.78, 5) is 23.7. The first kappa shape index (κ1) is 14.6. The van der Waals surface area contributed by atoms with Gasteiger partial charge in [0.15, 0.2) is 0 Å². The Morgan fingerprint density at radius 1 is 1.50 bits per heavy atom. The van der Waals surface area contributed by atoms with Crippen molar-refractivity contribution in [2.45, 2.75) is 19.4 Å². The standard InChI is InChI=1S/C12H13BrFNO3/c1-7(12(17)18)15(2)11(16)6-8-5-9(14)3-4-10(8)13/h3-5,7H,6H2,1-2H3,(H,17,18). The van der Waals surface area contributed by atoms with E-state index in [0.717, 1.165) is 4.90 Å². The van der Waals surface area contributed by atoms with Gasteiger partial charge in [0.25, 0.3) is 0 Å². The zero-order valence-corrected chi connectivity index (χ0v) is 11.6. The van der Waals surface area contributed by atoms with Gasteiger partial charge in [0, 0.05) is 11.5 Å². The van der Waals surface area contributed by atoms with Crippen molar-refractivity contribution >= 4 is 27.8 Å². The largest absolute Gasteiger partial charge is 0.480 e. The molecule has 0 saturated heterocycles. The van der Waals surface area contributed by atoms with E-state index in [9.17, 15) is 14.0 Å². The molecule has 6 heteroatoms. The van der Waals surface area contributed by atoms with Crippen LogP contribution < -0.4 is 0 Å². The fourth-order valence-corrected chi connectivity index (χ4v) is 1.73. The minimum absolute atomic E-state index is 0.0491. The molecule has 1 atom stereocenters. The highest BCUT2D eigenvalue weighted by atomic mass is 79.9. The molecule has 0 fully saturated rings. The van der Waals surface area contributed by atoms with Crippen molar-refractivity contribution in [3.05, 3.63) is 34.1 Å². The van der Waals surface area contributed by atoms with Gasteiger partial charge in [0.1, 0.15) is 11.9 Å². The molecule has 1 rings (SSSR count). The number of aliphatic carboxylic acids is 1. The average molecular weight is 318 g/mol. The average Bonchev–Trinajstić information content (AvgIpc) is 2.31. The van der Waals surface area contributed by atoms with E-state index in [1.165, 1.54) is 32.2 Å². The van der Waals surface area contributed by atoms with Crippen molar-refractivity contribution in [2.75, 3.05) is 7.05 Å². The number of carboxylic acid groups (broad SMARTS) is 1. The molecule has 0 aliphatic carbocycles. The summed E-state index contributed by atoms with van der Waals surface area (Å²) >= 11 is 3.22. The van der Waals surface area contributed by atoms with Crippen LogP contribution >= 0.6 is 15.9 Å². The molecule has 1 unspecified atom stereocenters. The van der Waals surface area contributed by atoms with Gasteiger partial charge in [0.2, 0.25) is 5.91 Å². The molecule has 0 spiro atoms. The van der Waals surface area contributed by atoms with Crippen LogP contribution in [0.3, 0.4) is 0 Å². The highest BCUT2D eigenvalue weighted by Crippen LogP contribution is 2.19. The molecule has 1 N–H and O–H groups in total. The number of hydrogen-bond donors (Lipinski definition) is 1. The minimum Gasteiger partial charge on any atom is -0.480 e. The fraction of sp³-hybridized carbons (Fsp3) is 0.333. The maximum atomic E-state index is 13.0. The number of carboxylic acids is 1. The molecule has 0 aromatic heterocycles. The molecule has 18 heavy (non-hydrogen) atoms. The second kappa shape index (κ2) is 5.95. The molecule has 0 aliphatic rings. The van der Waals surface area contributed by atoms with Crippen LogP contribution in [0.1, 0.15) is 12.5 Å². The molecule has 0 heterocycles. The molecule has 0 radical (unpaired) electrons. The van der Waals surface area contributed by atoms with E-state index in [-0.39, 0.29) is 12.3 Å². The predicted molar refractivity (Wildman–Crippen MR) is 67.7 cm³/mol. The zero-order chi connectivity index (χ0) is 13.9. The van der Waals surface area contributed by atoms with Crippen LogP contribution in [-0.2, 0) is 16.0 Å². The third kappa shape index (κ3) is 3.53. The number of likely N-dealkylation sites (N-methyl/N-ethyl adjacent to an activating group) is 1. The summed E-state index contributed by atoms with van der Waals surface area (Å²) in [6.07, 6.45) is -0.0491. The van der Waals surface area contributed by atoms with Crippen LogP contribution in [0.15, 0.2) is 22.7 Å². The summed E-state index contributed by atoms with van der Waals surface area (Å²) in [5.41, 5.74) is 0.490. The Labute approximate surface area is 113 Å². The number of benzene rings is 1. The minimum atomic E-state index is -1.08. The van der Waals surface area contributed by atoms with E-state index < -0.39 is 17.8 Å². The number of hydrogen-bond acceptors (Lipinski definition) is 2. The van der Waals surface area contributed by atoms with Gasteiger partial charge in [-0.25, -0.2) is 9.18 Å². The van der Waals surface area contributed by atoms with E-state index in [1.807, 2.05) is 0 Å². The predicted octanol–water partition coefficient (Wildman–Crippen LogP) is 2.06. The Hall–Kier alpha value is -1.43. The van der Waals surface area contributed by atoms with E-state index in [1.54, 1.807) is 0 Å². The Morgan fingerprint density at radius 2 is 2.11 bits per heavy atom. The number of amides is 1. The molecule has 1 aromatic carbocycles. The number of carbonyl (C=O) groups is 2. The van der Waals surface area contributed by atoms with Crippen molar-refractivity contribution in [3.8, 4) is 0 Å². The summed E-state index contributed by atoms with van der Waals surface area (Å²) in [7, 11) is 1.41. The second-order valence-corrected chi connectivity index (χ2v) is 4.79. The zero-order valence-electron chi connectivity index (χ0n) is 9.98. The van der Waals surface area contributed by atoms with Crippen molar-refractivity contribution in [2.24, 2.45) is 0 Å². The molecule has 4 nitrogen and oxygen atoms in total. The van der Waals surface area contributed by atoms with Crippen molar-refractivity contribution in [1.82, 2.24) is 4.90 Å². The van der Waals surface area contributed by atoms with Gasteiger partial charge in [-0.05, 0) is 30.7 Å². The lowest BCUT2D eigenvalue weighted by atomic mass is 10.1. The third-order valence-corrected chi connectivity index (χ3v) is 3.45. The van der Waals surface area contributed by atoms with Gasteiger partial charge in [-0.1, -0.05) is 15.9 Å². The monoisotopic (exact) mass is 317 g/mol. The van der Waals surface area contributed by atoms with Gasteiger partial charge in [-0.3, -0.25) is 4.79 Å². The molecule has 0 aliphatic heterocycles. The summed E-state index contributed by atoms with van der Waals surface area (Å²) in [6.45, 7) is 1.42. The number of nitrogens with zero attached hydrogens (tertiary/aromatic N) is 1. The summed E-state index contributed by atoms with van der Waals surface area (Å²) in [5, 5.41) is 8.80. The normalized spacial score (nSPS) is 12.0. The first-order chi connectivity index (χ1) is 8.32. The Balaban J connectivity index is 2.81. The quantitative estimate of drug-likeness (QED) is 0.924. The van der Waals surface area contributed by atoms with Gasteiger partial charge in [0.05, 0.1) is 6.42 Å². The molecule has 1 amide bonds. The van der Waals surface area contributed by atoms with Crippen LogP contribution in [-0.4, -0.2) is 35.0 Å². The molecular formula is C12H13BrFNO3. The lowest BCUT2D eigenvalue weighted by Crippen LogP contribution is -2.41. The van der Waals surface area contributed by atoms with Crippen molar-refractivity contribution in [3.63, 3.8) is 0 Å². The van der Waals surface area contributed by atoms with Gasteiger partial charge in [-0.15, -0.1) is 0 Å². The topological polar surface area (TPSA) is 57.6 Å². The van der Waals surface area contributed by atoms with Gasteiger partial charge >= 0.3 is 5.97 Å². The lowest BCUT2D eigenvalue weighted by Gasteiger charge is -2.21. The summed E-state index contributed by atoms with van der Waals surface area (Å²) in [5.74, 6) is -1.89. The van der Waals surface area contributed by atoms with E-state index >= 15 is 0 Å². The Bertz CT molecular complexity index is 478. The van der Waals surface area contributed by atoms with E-state index in [0.29, 0.717) is 10.0 Å². The van der Waals surface area contributed by atoms with Crippen LogP contribution in [0.4, 0.5) is 4.39 Å². The highest BCUT2D eigenvalue weighted by Gasteiger charge is 2.22. The van der Waals surface area contributed by atoms with Crippen LogP contribution in [0, 0.1) is 5.82 Å². The molecular weight excluding hydrogens is 305 g/mol. The number of rotatable bonds is 4. The maximum Gasteiger partial charge on any atom is 0.326 e. The van der Waals surface area contributed by atoms with Crippen molar-refractivity contribution < 1.29 is 19.1 Å². The first-order valence-corrected chi connectivity index (χ1v) is 6.04. The molecule has 0 saturated carbocycles. The smallest absolute Gasteiger partial charge is 0.326 e. The van der Waals surface area contributed by atoms with E-state index in [4.69, 9.17) is 5.11 Å². The second-order valence-electron chi connectivity index (χ2n) is 3.93. The SMILES string of the molecule is CC(C(=O)O)N(C)C(=O)Cc1cc(F)ccc1Br. The van der Waals surface area contributed by atoms with E-state index in [2.05, 4.69) is 15.9 Å². The Kier molecular flexibility index (Phi) is 4.84. The maximum absolute atomic E-state index is 13.0. The van der Waals surface area contributed by atoms with Crippen LogP contribution in [0.25, 0.3) is 0 Å². The van der Waals surface area contributed by atoms with Gasteiger partial charge in [-0.2, -0.15) is 0 Å². The number of halogens is 2. The summed E-state index contributed by atoms with van der Waals surface area (Å²) < 4.78 is 13.7. The molecule has 0 bridgehead atoms. The Morgan fingerprint density at radius 3 is 2.67 bits per heavy atom. The van der Waals surface area contributed by atoms with Crippen molar-refractivity contribution in [1.29, 1.82) is 0 Å². The van der Waals surface area contributed by atoms with Crippen LogP contribution in [0.5, 0.6) is 0 Å². The number of carbonyl (C=O) groups excluding carboxylic acids is 1. The fourth-order valence-electron chi connectivity index (χ4n) is 1.35. The molecule has 98 valence electrons.